The van der Waals surface area contributed by atoms with Gasteiger partial charge in [-0.25, -0.2) is 9.97 Å². The van der Waals surface area contributed by atoms with Crippen LogP contribution in [-0.2, 0) is 16.0 Å². The average molecular weight is 444 g/mol. The predicted octanol–water partition coefficient (Wildman–Crippen LogP) is 3.15. The van der Waals surface area contributed by atoms with Gasteiger partial charge < -0.3 is 15.0 Å². The van der Waals surface area contributed by atoms with Crippen LogP contribution >= 0.6 is 23.1 Å². The van der Waals surface area contributed by atoms with Crippen LogP contribution in [-0.4, -0.2) is 59.0 Å². The molecule has 1 unspecified atom stereocenters. The molecule has 0 aliphatic carbocycles. The van der Waals surface area contributed by atoms with Gasteiger partial charge in [0.15, 0.2) is 10.8 Å². The number of amides is 1. The molecule has 158 valence electrons. The average Bonchev–Trinajstić information content (AvgIpc) is 3.23. The molecule has 9 heteroatoms. The summed E-state index contributed by atoms with van der Waals surface area (Å²) in [5.74, 6) is 0.345. The number of thioether (sulfide) groups is 1. The second kappa shape index (κ2) is 10.2. The Balaban J connectivity index is 1.31. The predicted molar refractivity (Wildman–Crippen MR) is 121 cm³/mol. The second-order valence-electron chi connectivity index (χ2n) is 7.21. The van der Waals surface area contributed by atoms with Gasteiger partial charge in [0.2, 0.25) is 5.91 Å². The summed E-state index contributed by atoms with van der Waals surface area (Å²) in [7, 11) is 0. The van der Waals surface area contributed by atoms with E-state index in [-0.39, 0.29) is 11.9 Å². The van der Waals surface area contributed by atoms with E-state index in [1.165, 1.54) is 23.7 Å². The fourth-order valence-electron chi connectivity index (χ4n) is 3.27. The van der Waals surface area contributed by atoms with Crippen molar-refractivity contribution in [3.8, 4) is 0 Å². The van der Waals surface area contributed by atoms with Crippen LogP contribution < -0.4 is 10.2 Å². The first-order chi connectivity index (χ1) is 14.7. The van der Waals surface area contributed by atoms with E-state index in [1.807, 2.05) is 25.1 Å². The summed E-state index contributed by atoms with van der Waals surface area (Å²) in [6, 6.07) is 10.5. The third-order valence-electron chi connectivity index (χ3n) is 4.89. The summed E-state index contributed by atoms with van der Waals surface area (Å²) in [5, 5.41) is 4.84. The maximum Gasteiger partial charge on any atom is 0.230 e. The first-order valence-electron chi connectivity index (χ1n) is 10.1. The molecule has 0 radical (unpaired) electrons. The lowest BCUT2D eigenvalue weighted by atomic mass is 10.1. The van der Waals surface area contributed by atoms with E-state index in [0.29, 0.717) is 24.6 Å². The number of morpholine rings is 1. The summed E-state index contributed by atoms with van der Waals surface area (Å²) in [6.07, 6.45) is 3.39. The van der Waals surface area contributed by atoms with Gasteiger partial charge in [-0.15, -0.1) is 0 Å². The van der Waals surface area contributed by atoms with Gasteiger partial charge in [-0.3, -0.25) is 4.79 Å². The summed E-state index contributed by atoms with van der Waals surface area (Å²) in [4.78, 5) is 28.0. The molecule has 30 heavy (non-hydrogen) atoms. The van der Waals surface area contributed by atoms with Crippen LogP contribution in [0.3, 0.4) is 0 Å². The number of hydrogen-bond donors (Lipinski definition) is 1. The summed E-state index contributed by atoms with van der Waals surface area (Å²) in [5.41, 5.74) is 1.98. The minimum absolute atomic E-state index is 0.0187. The number of ether oxygens (including phenoxy) is 1. The van der Waals surface area contributed by atoms with Crippen LogP contribution in [0.4, 0.5) is 5.13 Å². The van der Waals surface area contributed by atoms with Gasteiger partial charge in [-0.05, 0) is 25.3 Å². The van der Waals surface area contributed by atoms with E-state index < -0.39 is 0 Å². The third kappa shape index (κ3) is 5.47. The molecule has 1 fully saturated rings. The first-order valence-corrected chi connectivity index (χ1v) is 11.9. The molecule has 1 amide bonds. The Labute approximate surface area is 184 Å². The molecular weight excluding hydrogens is 418 g/mol. The summed E-state index contributed by atoms with van der Waals surface area (Å²) >= 11 is 3.02. The van der Waals surface area contributed by atoms with Crippen molar-refractivity contribution >= 4 is 44.5 Å². The number of fused-ring (bicyclic) bond motifs is 1. The van der Waals surface area contributed by atoms with E-state index >= 15 is 0 Å². The molecule has 4 rings (SSSR count). The van der Waals surface area contributed by atoms with Gasteiger partial charge in [-0.1, -0.05) is 53.4 Å². The maximum absolute atomic E-state index is 12.4. The van der Waals surface area contributed by atoms with Crippen molar-refractivity contribution in [3.63, 3.8) is 0 Å². The highest BCUT2D eigenvalue weighted by Gasteiger charge is 2.18. The molecular formula is C21H25N5O2S2. The number of rotatable bonds is 8. The molecule has 3 aromatic rings. The van der Waals surface area contributed by atoms with Crippen molar-refractivity contribution < 1.29 is 9.53 Å². The van der Waals surface area contributed by atoms with Gasteiger partial charge in [0.05, 0.1) is 19.0 Å². The largest absolute Gasteiger partial charge is 0.378 e. The number of nitrogens with one attached hydrogen (secondary N) is 1. The molecule has 0 bridgehead atoms. The van der Waals surface area contributed by atoms with Gasteiger partial charge in [-0.2, -0.15) is 4.98 Å². The number of carbonyl (C=O) groups excluding carboxylic acids is 1. The van der Waals surface area contributed by atoms with Gasteiger partial charge >= 0.3 is 0 Å². The van der Waals surface area contributed by atoms with Crippen molar-refractivity contribution in [2.45, 2.75) is 30.8 Å². The number of thiazole rings is 1. The fraction of sp³-hybridized carbons (Fsp3) is 0.429. The van der Waals surface area contributed by atoms with Crippen LogP contribution in [0.15, 0.2) is 41.7 Å². The number of aryl methyl sites for hydroxylation is 1. The van der Waals surface area contributed by atoms with Crippen LogP contribution in [0.25, 0.3) is 10.3 Å². The van der Waals surface area contributed by atoms with E-state index in [2.05, 4.69) is 37.3 Å². The van der Waals surface area contributed by atoms with Gasteiger partial charge in [0.1, 0.15) is 16.1 Å². The van der Waals surface area contributed by atoms with Gasteiger partial charge in [0, 0.05) is 19.1 Å². The lowest BCUT2D eigenvalue weighted by molar-refractivity contribution is -0.119. The number of benzene rings is 1. The zero-order chi connectivity index (χ0) is 20.8. The van der Waals surface area contributed by atoms with Crippen molar-refractivity contribution in [1.29, 1.82) is 0 Å². The van der Waals surface area contributed by atoms with Crippen LogP contribution in [0.2, 0.25) is 0 Å². The number of aromatic nitrogens is 3. The Morgan fingerprint density at radius 3 is 2.87 bits per heavy atom. The third-order valence-corrected chi connectivity index (χ3v) is 7.12. The molecule has 0 spiro atoms. The van der Waals surface area contributed by atoms with Crippen LogP contribution in [0, 0.1) is 0 Å². The number of nitrogens with zero attached hydrogens (tertiary/aromatic N) is 4. The molecule has 1 saturated heterocycles. The zero-order valence-corrected chi connectivity index (χ0v) is 18.5. The highest BCUT2D eigenvalue weighted by Crippen LogP contribution is 2.33. The molecule has 1 N–H and O–H groups in total. The molecule has 0 saturated carbocycles. The topological polar surface area (TPSA) is 80.2 Å². The minimum atomic E-state index is 0.0187. The van der Waals surface area contributed by atoms with Crippen molar-refractivity contribution in [3.05, 3.63) is 42.2 Å². The van der Waals surface area contributed by atoms with Gasteiger partial charge in [0.25, 0.3) is 0 Å². The van der Waals surface area contributed by atoms with Crippen LogP contribution in [0.1, 0.15) is 18.9 Å². The minimum Gasteiger partial charge on any atom is -0.378 e. The Bertz CT molecular complexity index is 976. The Hall–Kier alpha value is -2.23. The lowest BCUT2D eigenvalue weighted by Crippen LogP contribution is -2.36. The first kappa shape index (κ1) is 21.0. The molecule has 1 aliphatic rings. The molecule has 3 heterocycles. The second-order valence-corrected chi connectivity index (χ2v) is 9.15. The highest BCUT2D eigenvalue weighted by atomic mass is 32.2. The fourth-order valence-corrected chi connectivity index (χ4v) is 5.22. The highest BCUT2D eigenvalue weighted by molar-refractivity contribution is 8.00. The maximum atomic E-state index is 12.4. The zero-order valence-electron chi connectivity index (χ0n) is 16.9. The number of anilines is 1. The molecule has 2 aromatic heterocycles. The number of carbonyl (C=O) groups is 1. The Morgan fingerprint density at radius 1 is 1.27 bits per heavy atom. The molecule has 1 aliphatic heterocycles. The Kier molecular flexibility index (Phi) is 7.14. The quantitative estimate of drug-likeness (QED) is 0.423. The Morgan fingerprint density at radius 2 is 2.07 bits per heavy atom. The molecule has 1 atom stereocenters. The lowest BCUT2D eigenvalue weighted by Gasteiger charge is -2.25. The van der Waals surface area contributed by atoms with E-state index in [1.54, 1.807) is 11.3 Å². The van der Waals surface area contributed by atoms with Crippen molar-refractivity contribution in [2.24, 2.45) is 0 Å². The summed E-state index contributed by atoms with van der Waals surface area (Å²) in [6.45, 7) is 5.14. The van der Waals surface area contributed by atoms with Crippen molar-refractivity contribution in [1.82, 2.24) is 20.3 Å². The SMILES string of the molecule is CC(CCc1ccccc1)NC(=O)CSc1ncnc2nc(N3CCOCC3)sc12. The van der Waals surface area contributed by atoms with E-state index in [4.69, 9.17) is 4.74 Å². The monoisotopic (exact) mass is 443 g/mol. The summed E-state index contributed by atoms with van der Waals surface area (Å²) < 4.78 is 6.36. The van der Waals surface area contributed by atoms with Crippen LogP contribution in [0.5, 0.6) is 0 Å². The van der Waals surface area contributed by atoms with Crippen molar-refractivity contribution in [2.75, 3.05) is 37.0 Å². The smallest absolute Gasteiger partial charge is 0.230 e. The normalized spacial score (nSPS) is 15.3. The van der Waals surface area contributed by atoms with E-state index in [9.17, 15) is 4.79 Å². The number of hydrogen-bond acceptors (Lipinski definition) is 8. The van der Waals surface area contributed by atoms with E-state index in [0.717, 1.165) is 40.8 Å². The molecule has 7 nitrogen and oxygen atoms in total. The standard InChI is InChI=1S/C21H25N5O2S2/c1-15(7-8-16-5-3-2-4-6-16)24-17(27)13-29-20-18-19(22-14-23-20)25-21(30-18)26-9-11-28-12-10-26/h2-6,14-15H,7-13H2,1H3,(H,24,27). The molecule has 1 aromatic carbocycles.